The van der Waals surface area contributed by atoms with E-state index in [9.17, 15) is 9.59 Å². The predicted octanol–water partition coefficient (Wildman–Crippen LogP) is 4.36. The molecule has 1 aliphatic carbocycles. The van der Waals surface area contributed by atoms with Crippen molar-refractivity contribution < 1.29 is 9.59 Å². The van der Waals surface area contributed by atoms with Gasteiger partial charge in [0.1, 0.15) is 0 Å². The highest BCUT2D eigenvalue weighted by Crippen LogP contribution is 2.19. The topological polar surface area (TPSA) is 70.2 Å². The first kappa shape index (κ1) is 19.7. The molecule has 0 spiro atoms. The first-order valence-electron chi connectivity index (χ1n) is 9.85. The van der Waals surface area contributed by atoms with Crippen molar-refractivity contribution in [2.75, 3.05) is 23.7 Å². The van der Waals surface area contributed by atoms with Crippen molar-refractivity contribution in [1.82, 2.24) is 5.32 Å². The van der Waals surface area contributed by atoms with E-state index in [4.69, 9.17) is 0 Å². The fourth-order valence-electron chi connectivity index (χ4n) is 3.24. The molecule has 0 radical (unpaired) electrons. The van der Waals surface area contributed by atoms with Crippen LogP contribution in [0.3, 0.4) is 0 Å². The molecule has 0 bridgehead atoms. The molecular formula is C23H27N3O2. The quantitative estimate of drug-likeness (QED) is 0.599. The average molecular weight is 377 g/mol. The second kappa shape index (κ2) is 10.3. The summed E-state index contributed by atoms with van der Waals surface area (Å²) in [5.41, 5.74) is 3.54. The van der Waals surface area contributed by atoms with Crippen molar-refractivity contribution in [2.45, 2.75) is 32.1 Å². The average Bonchev–Trinajstić information content (AvgIpc) is 2.74. The van der Waals surface area contributed by atoms with E-state index < -0.39 is 0 Å². The van der Waals surface area contributed by atoms with Crippen LogP contribution in [0.1, 0.15) is 42.5 Å². The first-order valence-corrected chi connectivity index (χ1v) is 9.85. The van der Waals surface area contributed by atoms with Crippen molar-refractivity contribution in [3.63, 3.8) is 0 Å². The van der Waals surface area contributed by atoms with E-state index in [1.807, 2.05) is 42.5 Å². The maximum atomic E-state index is 12.2. The summed E-state index contributed by atoms with van der Waals surface area (Å²) < 4.78 is 0. The van der Waals surface area contributed by atoms with Crippen LogP contribution in [-0.4, -0.2) is 24.9 Å². The molecule has 0 heterocycles. The Morgan fingerprint density at radius 2 is 1.75 bits per heavy atom. The number of rotatable bonds is 8. The minimum absolute atomic E-state index is 0.0323. The fourth-order valence-corrected chi connectivity index (χ4v) is 3.24. The van der Waals surface area contributed by atoms with Crippen LogP contribution in [0, 0.1) is 0 Å². The molecule has 0 saturated heterocycles. The first-order chi connectivity index (χ1) is 13.7. The molecule has 0 unspecified atom stereocenters. The minimum Gasteiger partial charge on any atom is -0.376 e. The summed E-state index contributed by atoms with van der Waals surface area (Å²) in [6, 6.07) is 16.4. The van der Waals surface area contributed by atoms with Gasteiger partial charge in [0.15, 0.2) is 0 Å². The summed E-state index contributed by atoms with van der Waals surface area (Å²) in [5, 5.41) is 8.94. The summed E-state index contributed by atoms with van der Waals surface area (Å²) in [7, 11) is 0. The van der Waals surface area contributed by atoms with Crippen LogP contribution in [0.15, 0.2) is 66.2 Å². The SMILES string of the molecule is O=C(CNc1cccc(NC(=O)c2ccccc2)c1)NCCC1=CCCCC1. The highest BCUT2D eigenvalue weighted by molar-refractivity contribution is 6.04. The largest absolute Gasteiger partial charge is 0.376 e. The van der Waals surface area contributed by atoms with Gasteiger partial charge in [-0.15, -0.1) is 0 Å². The Balaban J connectivity index is 1.43. The molecule has 146 valence electrons. The lowest BCUT2D eigenvalue weighted by Gasteiger charge is -2.13. The van der Waals surface area contributed by atoms with E-state index in [0.29, 0.717) is 17.8 Å². The van der Waals surface area contributed by atoms with E-state index in [-0.39, 0.29) is 18.4 Å². The zero-order valence-electron chi connectivity index (χ0n) is 16.0. The zero-order chi connectivity index (χ0) is 19.6. The van der Waals surface area contributed by atoms with Crippen LogP contribution < -0.4 is 16.0 Å². The van der Waals surface area contributed by atoms with E-state index in [2.05, 4.69) is 22.0 Å². The summed E-state index contributed by atoms with van der Waals surface area (Å²) in [6.07, 6.45) is 8.12. The smallest absolute Gasteiger partial charge is 0.255 e. The number of nitrogens with one attached hydrogen (secondary N) is 3. The van der Waals surface area contributed by atoms with E-state index >= 15 is 0 Å². The Morgan fingerprint density at radius 1 is 0.929 bits per heavy atom. The third-order valence-electron chi connectivity index (χ3n) is 4.76. The van der Waals surface area contributed by atoms with Gasteiger partial charge in [0, 0.05) is 23.5 Å². The second-order valence-electron chi connectivity index (χ2n) is 6.96. The molecular weight excluding hydrogens is 350 g/mol. The van der Waals surface area contributed by atoms with Crippen LogP contribution in [0.25, 0.3) is 0 Å². The van der Waals surface area contributed by atoms with Crippen LogP contribution in [0.4, 0.5) is 11.4 Å². The van der Waals surface area contributed by atoms with Crippen molar-refractivity contribution in [2.24, 2.45) is 0 Å². The molecule has 3 N–H and O–H groups in total. The van der Waals surface area contributed by atoms with Gasteiger partial charge in [-0.1, -0.05) is 35.9 Å². The number of allylic oxidation sites excluding steroid dienone is 1. The van der Waals surface area contributed by atoms with Gasteiger partial charge in [-0.05, 0) is 62.4 Å². The molecule has 0 aromatic heterocycles. The lowest BCUT2D eigenvalue weighted by molar-refractivity contribution is -0.119. The minimum atomic E-state index is -0.160. The summed E-state index contributed by atoms with van der Waals surface area (Å²) >= 11 is 0. The van der Waals surface area contributed by atoms with Crippen LogP contribution in [-0.2, 0) is 4.79 Å². The van der Waals surface area contributed by atoms with Crippen LogP contribution in [0.2, 0.25) is 0 Å². The third kappa shape index (κ3) is 6.27. The summed E-state index contributed by atoms with van der Waals surface area (Å²) in [5.74, 6) is -0.192. The van der Waals surface area contributed by atoms with Gasteiger partial charge < -0.3 is 16.0 Å². The van der Waals surface area contributed by atoms with Gasteiger partial charge >= 0.3 is 0 Å². The van der Waals surface area contributed by atoms with E-state index in [1.165, 1.54) is 24.8 Å². The summed E-state index contributed by atoms with van der Waals surface area (Å²) in [6.45, 7) is 0.884. The van der Waals surface area contributed by atoms with Crippen molar-refractivity contribution in [3.8, 4) is 0 Å². The van der Waals surface area contributed by atoms with Gasteiger partial charge in [0.05, 0.1) is 6.54 Å². The van der Waals surface area contributed by atoms with Crippen LogP contribution in [0.5, 0.6) is 0 Å². The molecule has 5 nitrogen and oxygen atoms in total. The molecule has 0 fully saturated rings. The Morgan fingerprint density at radius 3 is 2.54 bits per heavy atom. The Hall–Kier alpha value is -3.08. The molecule has 28 heavy (non-hydrogen) atoms. The monoisotopic (exact) mass is 377 g/mol. The number of carbonyl (C=O) groups is 2. The van der Waals surface area contributed by atoms with Gasteiger partial charge in [-0.3, -0.25) is 9.59 Å². The van der Waals surface area contributed by atoms with Crippen molar-refractivity contribution in [3.05, 3.63) is 71.8 Å². The zero-order valence-corrected chi connectivity index (χ0v) is 16.0. The van der Waals surface area contributed by atoms with Gasteiger partial charge in [0.25, 0.3) is 5.91 Å². The lowest BCUT2D eigenvalue weighted by atomic mass is 9.97. The van der Waals surface area contributed by atoms with Crippen molar-refractivity contribution in [1.29, 1.82) is 0 Å². The maximum Gasteiger partial charge on any atom is 0.255 e. The number of benzene rings is 2. The van der Waals surface area contributed by atoms with Gasteiger partial charge in [-0.25, -0.2) is 0 Å². The molecule has 0 atom stereocenters. The van der Waals surface area contributed by atoms with E-state index in [1.54, 1.807) is 12.1 Å². The molecule has 5 heteroatoms. The molecule has 2 aromatic rings. The van der Waals surface area contributed by atoms with Crippen LogP contribution >= 0.6 is 0 Å². The predicted molar refractivity (Wildman–Crippen MR) is 114 cm³/mol. The number of carbonyl (C=O) groups excluding carboxylic acids is 2. The highest BCUT2D eigenvalue weighted by Gasteiger charge is 2.07. The van der Waals surface area contributed by atoms with Crippen molar-refractivity contribution >= 4 is 23.2 Å². The Kier molecular flexibility index (Phi) is 7.24. The Bertz CT molecular complexity index is 831. The molecule has 0 aliphatic heterocycles. The Labute approximate surface area is 166 Å². The maximum absolute atomic E-state index is 12.2. The number of hydrogen-bond acceptors (Lipinski definition) is 3. The molecule has 0 saturated carbocycles. The molecule has 3 rings (SSSR count). The normalized spacial score (nSPS) is 13.4. The number of amides is 2. The molecule has 2 amide bonds. The number of hydrogen-bond donors (Lipinski definition) is 3. The standard InChI is InChI=1S/C23H27N3O2/c27-22(24-15-14-18-8-3-1-4-9-18)17-25-20-12-7-13-21(16-20)26-23(28)19-10-5-2-6-11-19/h2,5-8,10-13,16,25H,1,3-4,9,14-15,17H2,(H,24,27)(H,26,28). The highest BCUT2D eigenvalue weighted by atomic mass is 16.2. The molecule has 1 aliphatic rings. The van der Waals surface area contributed by atoms with Gasteiger partial charge in [-0.2, -0.15) is 0 Å². The third-order valence-corrected chi connectivity index (χ3v) is 4.76. The lowest BCUT2D eigenvalue weighted by Crippen LogP contribution is -2.30. The van der Waals surface area contributed by atoms with Gasteiger partial charge in [0.2, 0.25) is 5.91 Å². The van der Waals surface area contributed by atoms with E-state index in [0.717, 1.165) is 18.5 Å². The molecule has 2 aromatic carbocycles. The fraction of sp³-hybridized carbons (Fsp3) is 0.304. The number of anilines is 2. The summed E-state index contributed by atoms with van der Waals surface area (Å²) in [4.78, 5) is 24.3. The second-order valence-corrected chi connectivity index (χ2v) is 6.96.